The molecule has 0 amide bonds. The smallest absolute Gasteiger partial charge is 0.194 e. The molecule has 0 aliphatic heterocycles. The number of benzene rings is 3. The van der Waals surface area contributed by atoms with Crippen LogP contribution in [0, 0.1) is 29.2 Å². The Hall–Kier alpha value is -2.36. The zero-order chi connectivity index (χ0) is 19.1. The molecule has 4 heteroatoms. The molecule has 0 N–H and O–H groups in total. The molecule has 27 heavy (non-hydrogen) atoms. The van der Waals surface area contributed by atoms with E-state index < -0.39 is 23.3 Å². The molecule has 0 heterocycles. The van der Waals surface area contributed by atoms with Crippen molar-refractivity contribution >= 4 is 10.8 Å². The maximum Gasteiger partial charge on any atom is 0.194 e. The van der Waals surface area contributed by atoms with E-state index in [1.54, 1.807) is 12.1 Å². The second-order valence-corrected chi connectivity index (χ2v) is 7.62. The van der Waals surface area contributed by atoms with Gasteiger partial charge in [-0.1, -0.05) is 50.1 Å². The van der Waals surface area contributed by atoms with Crippen molar-refractivity contribution < 1.29 is 17.6 Å². The van der Waals surface area contributed by atoms with Crippen LogP contribution in [0.3, 0.4) is 0 Å². The molecule has 1 aliphatic rings. The first-order valence-electron chi connectivity index (χ1n) is 9.31. The van der Waals surface area contributed by atoms with Crippen molar-refractivity contribution in [2.24, 2.45) is 5.92 Å². The number of fused-ring (bicyclic) bond motifs is 1. The number of hydrogen-bond acceptors (Lipinski definition) is 0. The minimum absolute atomic E-state index is 0.0175. The summed E-state index contributed by atoms with van der Waals surface area (Å²) >= 11 is 0. The van der Waals surface area contributed by atoms with Crippen LogP contribution in [0.2, 0.25) is 0 Å². The molecule has 0 spiro atoms. The van der Waals surface area contributed by atoms with Crippen molar-refractivity contribution in [2.75, 3.05) is 0 Å². The van der Waals surface area contributed by atoms with Gasteiger partial charge in [-0.2, -0.15) is 0 Å². The summed E-state index contributed by atoms with van der Waals surface area (Å²) in [5.41, 5.74) is 1.25. The van der Waals surface area contributed by atoms with Gasteiger partial charge in [-0.25, -0.2) is 17.6 Å². The molecule has 1 saturated carbocycles. The van der Waals surface area contributed by atoms with Crippen molar-refractivity contribution in [1.82, 2.24) is 0 Å². The lowest BCUT2D eigenvalue weighted by Crippen LogP contribution is -2.10. The van der Waals surface area contributed by atoms with Gasteiger partial charge in [-0.3, -0.25) is 0 Å². The van der Waals surface area contributed by atoms with Crippen molar-refractivity contribution in [2.45, 2.75) is 38.5 Å². The summed E-state index contributed by atoms with van der Waals surface area (Å²) in [6.45, 7) is 2.27. The highest BCUT2D eigenvalue weighted by Crippen LogP contribution is 2.38. The van der Waals surface area contributed by atoms with E-state index in [4.69, 9.17) is 0 Å². The summed E-state index contributed by atoms with van der Waals surface area (Å²) in [4.78, 5) is 0. The van der Waals surface area contributed by atoms with E-state index in [9.17, 15) is 13.2 Å². The molecule has 140 valence electrons. The van der Waals surface area contributed by atoms with Gasteiger partial charge < -0.3 is 0 Å². The van der Waals surface area contributed by atoms with Crippen LogP contribution in [0.1, 0.15) is 44.1 Å². The molecule has 0 atom stereocenters. The largest absolute Gasteiger partial charge is 0.206 e. The third-order valence-electron chi connectivity index (χ3n) is 5.76. The Morgan fingerprint density at radius 3 is 2.07 bits per heavy atom. The molecule has 0 nitrogen and oxygen atoms in total. The Kier molecular flexibility index (Phi) is 4.67. The van der Waals surface area contributed by atoms with Crippen molar-refractivity contribution in [3.63, 3.8) is 0 Å². The first-order valence-corrected chi connectivity index (χ1v) is 9.31. The van der Waals surface area contributed by atoms with E-state index in [0.29, 0.717) is 11.3 Å². The monoisotopic (exact) mass is 372 g/mol. The van der Waals surface area contributed by atoms with Gasteiger partial charge in [0, 0.05) is 10.9 Å². The third kappa shape index (κ3) is 3.33. The van der Waals surface area contributed by atoms with Crippen LogP contribution in [0.15, 0.2) is 42.5 Å². The van der Waals surface area contributed by atoms with Crippen LogP contribution in [0.25, 0.3) is 21.9 Å². The molecular weight excluding hydrogens is 352 g/mol. The van der Waals surface area contributed by atoms with Gasteiger partial charge in [0.1, 0.15) is 5.82 Å². The first kappa shape index (κ1) is 18.0. The molecule has 0 aromatic heterocycles. The second kappa shape index (κ2) is 6.99. The lowest BCUT2D eigenvalue weighted by Gasteiger charge is -2.26. The average molecular weight is 372 g/mol. The Balaban J connectivity index is 1.74. The fourth-order valence-electron chi connectivity index (χ4n) is 4.09. The Morgan fingerprint density at radius 2 is 1.41 bits per heavy atom. The fourth-order valence-corrected chi connectivity index (χ4v) is 4.09. The van der Waals surface area contributed by atoms with Crippen LogP contribution in [0.5, 0.6) is 0 Å². The van der Waals surface area contributed by atoms with Gasteiger partial charge in [-0.15, -0.1) is 0 Å². The van der Waals surface area contributed by atoms with E-state index >= 15 is 4.39 Å². The average Bonchev–Trinajstić information content (AvgIpc) is 2.66. The zero-order valence-electron chi connectivity index (χ0n) is 15.0. The normalized spacial score (nSPS) is 20.2. The van der Waals surface area contributed by atoms with Crippen LogP contribution in [-0.2, 0) is 0 Å². The molecule has 0 bridgehead atoms. The van der Waals surface area contributed by atoms with Crippen LogP contribution >= 0.6 is 0 Å². The summed E-state index contributed by atoms with van der Waals surface area (Å²) in [5.74, 6) is -3.50. The topological polar surface area (TPSA) is 0 Å². The first-order chi connectivity index (χ1) is 12.9. The lowest BCUT2D eigenvalue weighted by molar-refractivity contribution is 0.348. The fraction of sp³-hybridized carbons (Fsp3) is 0.304. The molecule has 1 fully saturated rings. The molecule has 0 saturated heterocycles. The van der Waals surface area contributed by atoms with Gasteiger partial charge in [0.05, 0.1) is 0 Å². The lowest BCUT2D eigenvalue weighted by atomic mass is 9.79. The summed E-state index contributed by atoms with van der Waals surface area (Å²) in [6, 6.07) is 10.6. The molecule has 3 aromatic carbocycles. The number of rotatable bonds is 2. The number of halogens is 4. The van der Waals surface area contributed by atoms with Crippen LogP contribution in [-0.4, -0.2) is 0 Å². The predicted molar refractivity (Wildman–Crippen MR) is 99.6 cm³/mol. The Morgan fingerprint density at radius 1 is 0.741 bits per heavy atom. The summed E-state index contributed by atoms with van der Waals surface area (Å²) in [6.07, 6.45) is 4.69. The van der Waals surface area contributed by atoms with Gasteiger partial charge >= 0.3 is 0 Å². The van der Waals surface area contributed by atoms with E-state index in [1.807, 2.05) is 12.1 Å². The minimum atomic E-state index is -1.55. The van der Waals surface area contributed by atoms with Crippen molar-refractivity contribution in [3.05, 3.63) is 71.3 Å². The standard InChI is InChI=1S/C23H20F4/c1-13-2-4-14(5-3-13)15-6-8-18-16(10-15)7-9-19(22(18)26)17-11-20(24)23(27)21(25)12-17/h6-14H,2-5H2,1H3. The second-order valence-electron chi connectivity index (χ2n) is 7.62. The van der Waals surface area contributed by atoms with Gasteiger partial charge in [0.25, 0.3) is 0 Å². The SMILES string of the molecule is CC1CCC(c2ccc3c(F)c(-c4cc(F)c(F)c(F)c4)ccc3c2)CC1. The Labute approximate surface area is 155 Å². The van der Waals surface area contributed by atoms with Gasteiger partial charge in [-0.05, 0) is 53.3 Å². The Bertz CT molecular complexity index is 978. The van der Waals surface area contributed by atoms with E-state index in [2.05, 4.69) is 6.92 Å². The highest BCUT2D eigenvalue weighted by molar-refractivity contribution is 5.89. The molecule has 1 aliphatic carbocycles. The highest BCUT2D eigenvalue weighted by atomic mass is 19.2. The summed E-state index contributed by atoms with van der Waals surface area (Å²) < 4.78 is 55.2. The van der Waals surface area contributed by atoms with E-state index in [1.165, 1.54) is 24.5 Å². The van der Waals surface area contributed by atoms with E-state index in [-0.39, 0.29) is 11.1 Å². The highest BCUT2D eigenvalue weighted by Gasteiger charge is 2.21. The molecule has 0 unspecified atom stereocenters. The third-order valence-corrected chi connectivity index (χ3v) is 5.76. The van der Waals surface area contributed by atoms with E-state index in [0.717, 1.165) is 36.3 Å². The molecule has 3 aromatic rings. The van der Waals surface area contributed by atoms with Gasteiger partial charge in [0.15, 0.2) is 17.5 Å². The van der Waals surface area contributed by atoms with Crippen LogP contribution in [0.4, 0.5) is 17.6 Å². The van der Waals surface area contributed by atoms with Crippen molar-refractivity contribution in [3.8, 4) is 11.1 Å². The van der Waals surface area contributed by atoms with Gasteiger partial charge in [0.2, 0.25) is 0 Å². The maximum absolute atomic E-state index is 15.0. The summed E-state index contributed by atoms with van der Waals surface area (Å²) in [5, 5.41) is 1.15. The molecular formula is C23H20F4. The maximum atomic E-state index is 15.0. The number of hydrogen-bond donors (Lipinski definition) is 0. The quantitative estimate of drug-likeness (QED) is 0.326. The minimum Gasteiger partial charge on any atom is -0.206 e. The zero-order valence-corrected chi connectivity index (χ0v) is 15.0. The molecule has 0 radical (unpaired) electrons. The van der Waals surface area contributed by atoms with Crippen molar-refractivity contribution in [1.29, 1.82) is 0 Å². The van der Waals surface area contributed by atoms with Crippen LogP contribution < -0.4 is 0 Å². The molecule has 4 rings (SSSR count). The summed E-state index contributed by atoms with van der Waals surface area (Å²) in [7, 11) is 0. The predicted octanol–water partition coefficient (Wildman–Crippen LogP) is 7.36.